The minimum absolute atomic E-state index is 0.163. The first-order valence-corrected chi connectivity index (χ1v) is 7.78. The van der Waals surface area contributed by atoms with Crippen LogP contribution in [0.2, 0.25) is 0 Å². The second-order valence-corrected chi connectivity index (χ2v) is 5.91. The molecule has 0 spiro atoms. The Morgan fingerprint density at radius 2 is 2.00 bits per heavy atom. The second kappa shape index (κ2) is 7.46. The van der Waals surface area contributed by atoms with Crippen molar-refractivity contribution in [2.75, 3.05) is 5.73 Å². The summed E-state index contributed by atoms with van der Waals surface area (Å²) < 4.78 is 11.2. The van der Waals surface area contributed by atoms with E-state index in [2.05, 4.69) is 0 Å². The van der Waals surface area contributed by atoms with Crippen molar-refractivity contribution >= 4 is 11.7 Å². The Labute approximate surface area is 126 Å². The van der Waals surface area contributed by atoms with Crippen molar-refractivity contribution in [2.45, 2.75) is 64.8 Å². The van der Waals surface area contributed by atoms with Crippen molar-refractivity contribution in [2.24, 2.45) is 0 Å². The molecule has 1 saturated carbocycles. The topological polar surface area (TPSA) is 61.5 Å². The standard InChI is InChI=1S/C17H25NO3/c1-12(2)21-17(19)16-13(7-6-10-15(16)18)11-20-14-8-4-3-5-9-14/h6-7,10,12,14H,3-5,8-9,11,18H2,1-2H3. The Hall–Kier alpha value is -1.55. The first-order valence-electron chi connectivity index (χ1n) is 7.78. The van der Waals surface area contributed by atoms with Gasteiger partial charge >= 0.3 is 5.97 Å². The van der Waals surface area contributed by atoms with Crippen LogP contribution < -0.4 is 5.73 Å². The van der Waals surface area contributed by atoms with E-state index in [1.807, 2.05) is 26.0 Å². The van der Waals surface area contributed by atoms with Crippen molar-refractivity contribution in [3.63, 3.8) is 0 Å². The van der Waals surface area contributed by atoms with Crippen LogP contribution in [0.3, 0.4) is 0 Å². The van der Waals surface area contributed by atoms with Gasteiger partial charge in [-0.05, 0) is 38.3 Å². The van der Waals surface area contributed by atoms with Crippen LogP contribution in [0, 0.1) is 0 Å². The summed E-state index contributed by atoms with van der Waals surface area (Å²) in [7, 11) is 0. The predicted octanol–water partition coefficient (Wildman–Crippen LogP) is 3.68. The molecule has 4 heteroatoms. The van der Waals surface area contributed by atoms with Gasteiger partial charge in [0.1, 0.15) is 0 Å². The smallest absolute Gasteiger partial charge is 0.340 e. The van der Waals surface area contributed by atoms with E-state index in [0.717, 1.165) is 18.4 Å². The van der Waals surface area contributed by atoms with E-state index in [-0.39, 0.29) is 12.1 Å². The number of nitrogens with two attached hydrogens (primary N) is 1. The molecular weight excluding hydrogens is 266 g/mol. The molecule has 0 heterocycles. The van der Waals surface area contributed by atoms with Crippen molar-refractivity contribution in [1.82, 2.24) is 0 Å². The second-order valence-electron chi connectivity index (χ2n) is 5.91. The van der Waals surface area contributed by atoms with Crippen LogP contribution in [-0.4, -0.2) is 18.2 Å². The highest BCUT2D eigenvalue weighted by Gasteiger charge is 2.19. The summed E-state index contributed by atoms with van der Waals surface area (Å²) in [5.41, 5.74) is 7.66. The summed E-state index contributed by atoms with van der Waals surface area (Å²) in [4.78, 5) is 12.2. The number of rotatable bonds is 5. The zero-order valence-corrected chi connectivity index (χ0v) is 12.9. The van der Waals surface area contributed by atoms with Crippen molar-refractivity contribution in [3.05, 3.63) is 29.3 Å². The third-order valence-electron chi connectivity index (χ3n) is 3.76. The van der Waals surface area contributed by atoms with Crippen LogP contribution in [-0.2, 0) is 16.1 Å². The lowest BCUT2D eigenvalue weighted by Crippen LogP contribution is -2.19. The lowest BCUT2D eigenvalue weighted by molar-refractivity contribution is 0.0151. The van der Waals surface area contributed by atoms with Crippen LogP contribution in [0.15, 0.2) is 18.2 Å². The number of carbonyl (C=O) groups excluding carboxylic acids is 1. The predicted molar refractivity (Wildman–Crippen MR) is 83.1 cm³/mol. The number of esters is 1. The van der Waals surface area contributed by atoms with Crippen LogP contribution in [0.4, 0.5) is 5.69 Å². The summed E-state index contributed by atoms with van der Waals surface area (Å²) in [5, 5.41) is 0. The van der Waals surface area contributed by atoms with Gasteiger partial charge in [-0.25, -0.2) is 4.79 Å². The summed E-state index contributed by atoms with van der Waals surface area (Å²) >= 11 is 0. The van der Waals surface area contributed by atoms with Crippen molar-refractivity contribution in [1.29, 1.82) is 0 Å². The van der Waals surface area contributed by atoms with Gasteiger partial charge in [0.05, 0.1) is 24.4 Å². The van der Waals surface area contributed by atoms with Gasteiger partial charge in [0.25, 0.3) is 0 Å². The monoisotopic (exact) mass is 291 g/mol. The maximum absolute atomic E-state index is 12.2. The van der Waals surface area contributed by atoms with Gasteiger partial charge < -0.3 is 15.2 Å². The minimum atomic E-state index is -0.370. The first kappa shape index (κ1) is 15.8. The first-order chi connectivity index (χ1) is 10.1. The molecule has 0 bridgehead atoms. The Morgan fingerprint density at radius 1 is 1.29 bits per heavy atom. The molecule has 4 nitrogen and oxygen atoms in total. The molecule has 0 saturated heterocycles. The molecule has 2 rings (SSSR count). The van der Waals surface area contributed by atoms with Gasteiger partial charge in [-0.15, -0.1) is 0 Å². The van der Waals surface area contributed by atoms with E-state index in [0.29, 0.717) is 24.0 Å². The fourth-order valence-electron chi connectivity index (χ4n) is 2.70. The largest absolute Gasteiger partial charge is 0.459 e. The lowest BCUT2D eigenvalue weighted by Gasteiger charge is -2.22. The number of anilines is 1. The van der Waals surface area contributed by atoms with E-state index < -0.39 is 0 Å². The highest BCUT2D eigenvalue weighted by atomic mass is 16.5. The Kier molecular flexibility index (Phi) is 5.62. The Balaban J connectivity index is 2.07. The van der Waals surface area contributed by atoms with Crippen LogP contribution >= 0.6 is 0 Å². The molecule has 1 aliphatic rings. The van der Waals surface area contributed by atoms with Gasteiger partial charge in [-0.1, -0.05) is 31.4 Å². The summed E-state index contributed by atoms with van der Waals surface area (Å²) in [6.07, 6.45) is 6.10. The molecule has 0 aromatic heterocycles. The molecule has 1 aromatic rings. The van der Waals surface area contributed by atoms with E-state index in [4.69, 9.17) is 15.2 Å². The summed E-state index contributed by atoms with van der Waals surface area (Å²) in [6.45, 7) is 4.07. The van der Waals surface area contributed by atoms with Crippen molar-refractivity contribution < 1.29 is 14.3 Å². The molecule has 21 heavy (non-hydrogen) atoms. The third kappa shape index (κ3) is 4.46. The van der Waals surface area contributed by atoms with E-state index in [1.54, 1.807) is 6.07 Å². The average Bonchev–Trinajstić information content (AvgIpc) is 2.45. The average molecular weight is 291 g/mol. The normalized spacial score (nSPS) is 16.1. The van der Waals surface area contributed by atoms with Crippen molar-refractivity contribution in [3.8, 4) is 0 Å². The molecular formula is C17H25NO3. The van der Waals surface area contributed by atoms with Gasteiger partial charge in [-0.3, -0.25) is 0 Å². The minimum Gasteiger partial charge on any atom is -0.459 e. The van der Waals surface area contributed by atoms with Crippen LogP contribution in [0.25, 0.3) is 0 Å². The maximum atomic E-state index is 12.2. The lowest BCUT2D eigenvalue weighted by atomic mass is 9.97. The number of nitrogen functional groups attached to an aromatic ring is 1. The Morgan fingerprint density at radius 3 is 2.67 bits per heavy atom. The molecule has 2 N–H and O–H groups in total. The highest BCUT2D eigenvalue weighted by Crippen LogP contribution is 2.24. The molecule has 0 aliphatic heterocycles. The molecule has 116 valence electrons. The quantitative estimate of drug-likeness (QED) is 0.664. The molecule has 0 atom stereocenters. The Bertz CT molecular complexity index is 479. The van der Waals surface area contributed by atoms with Gasteiger partial charge in [-0.2, -0.15) is 0 Å². The molecule has 1 fully saturated rings. The molecule has 0 radical (unpaired) electrons. The van der Waals surface area contributed by atoms with Gasteiger partial charge in [0.2, 0.25) is 0 Å². The molecule has 1 aliphatic carbocycles. The molecule has 0 amide bonds. The van der Waals surface area contributed by atoms with Gasteiger partial charge in [0.15, 0.2) is 0 Å². The number of ether oxygens (including phenoxy) is 2. The summed E-state index contributed by atoms with van der Waals surface area (Å²) in [5.74, 6) is -0.370. The number of hydrogen-bond acceptors (Lipinski definition) is 4. The maximum Gasteiger partial charge on any atom is 0.340 e. The third-order valence-corrected chi connectivity index (χ3v) is 3.76. The van der Waals surface area contributed by atoms with E-state index in [1.165, 1.54) is 19.3 Å². The summed E-state index contributed by atoms with van der Waals surface area (Å²) in [6, 6.07) is 5.46. The number of hydrogen-bond donors (Lipinski definition) is 1. The van der Waals surface area contributed by atoms with Gasteiger partial charge in [0, 0.05) is 5.69 Å². The number of benzene rings is 1. The van der Waals surface area contributed by atoms with Crippen LogP contribution in [0.5, 0.6) is 0 Å². The highest BCUT2D eigenvalue weighted by molar-refractivity contribution is 5.96. The fraction of sp³-hybridized carbons (Fsp3) is 0.588. The zero-order chi connectivity index (χ0) is 15.2. The molecule has 0 unspecified atom stereocenters. The fourth-order valence-corrected chi connectivity index (χ4v) is 2.70. The van der Waals surface area contributed by atoms with E-state index in [9.17, 15) is 4.79 Å². The zero-order valence-electron chi connectivity index (χ0n) is 12.9. The number of carbonyl (C=O) groups is 1. The SMILES string of the molecule is CC(C)OC(=O)c1c(N)cccc1COC1CCCCC1. The van der Waals surface area contributed by atoms with E-state index >= 15 is 0 Å². The molecule has 1 aromatic carbocycles. The van der Waals surface area contributed by atoms with Crippen LogP contribution in [0.1, 0.15) is 61.9 Å².